The topological polar surface area (TPSA) is 76.9 Å². The average molecular weight is 355 g/mol. The third-order valence-electron chi connectivity index (χ3n) is 3.49. The van der Waals surface area contributed by atoms with Crippen LogP contribution in [0.2, 0.25) is 5.02 Å². The largest absolute Gasteiger partial charge is 0.309 e. The molecule has 7 heteroatoms. The number of nitrogens with one attached hydrogen (secondary N) is 1. The number of hydrogen-bond donors (Lipinski definition) is 1. The summed E-state index contributed by atoms with van der Waals surface area (Å²) in [5, 5.41) is 3.27. The van der Waals surface area contributed by atoms with Gasteiger partial charge in [-0.25, -0.2) is 9.97 Å². The van der Waals surface area contributed by atoms with E-state index in [1.165, 1.54) is 17.0 Å². The molecular weight excluding hydrogens is 340 g/mol. The highest BCUT2D eigenvalue weighted by atomic mass is 35.5. The number of carbonyl (C=O) groups excluding carboxylic acids is 1. The molecule has 1 amide bonds. The highest BCUT2D eigenvalue weighted by molar-refractivity contribution is 6.30. The maximum absolute atomic E-state index is 12.2. The van der Waals surface area contributed by atoms with Gasteiger partial charge in [0.05, 0.1) is 12.0 Å². The molecule has 25 heavy (non-hydrogen) atoms. The summed E-state index contributed by atoms with van der Waals surface area (Å²) < 4.78 is 1.24. The molecule has 3 rings (SSSR count). The summed E-state index contributed by atoms with van der Waals surface area (Å²) in [4.78, 5) is 32.7. The number of pyridine rings is 1. The average Bonchev–Trinajstić information content (AvgIpc) is 2.57. The van der Waals surface area contributed by atoms with Crippen molar-refractivity contribution in [3.63, 3.8) is 0 Å². The van der Waals surface area contributed by atoms with Crippen LogP contribution in [0.4, 0.5) is 5.82 Å². The minimum Gasteiger partial charge on any atom is -0.309 e. The summed E-state index contributed by atoms with van der Waals surface area (Å²) >= 11 is 5.85. The molecule has 0 bridgehead atoms. The van der Waals surface area contributed by atoms with Crippen LogP contribution in [-0.4, -0.2) is 20.4 Å². The van der Waals surface area contributed by atoms with Crippen LogP contribution in [0.3, 0.4) is 0 Å². The van der Waals surface area contributed by atoms with Crippen molar-refractivity contribution in [1.82, 2.24) is 14.5 Å². The van der Waals surface area contributed by atoms with Gasteiger partial charge < -0.3 is 5.32 Å². The first kappa shape index (κ1) is 16.9. The zero-order chi connectivity index (χ0) is 17.8. The summed E-state index contributed by atoms with van der Waals surface area (Å²) in [6.07, 6.45) is 1.36. The molecule has 0 aliphatic heterocycles. The maximum Gasteiger partial charge on any atom is 0.254 e. The molecule has 1 aromatic carbocycles. The molecule has 2 aromatic heterocycles. The van der Waals surface area contributed by atoms with E-state index in [2.05, 4.69) is 15.3 Å². The monoisotopic (exact) mass is 354 g/mol. The maximum atomic E-state index is 12.2. The number of benzene rings is 1. The van der Waals surface area contributed by atoms with Crippen LogP contribution in [0.5, 0.6) is 0 Å². The molecule has 0 saturated heterocycles. The van der Waals surface area contributed by atoms with Crippen LogP contribution in [-0.2, 0) is 11.3 Å². The number of nitrogens with zero attached hydrogens (tertiary/aromatic N) is 3. The Morgan fingerprint density at radius 2 is 1.96 bits per heavy atom. The summed E-state index contributed by atoms with van der Waals surface area (Å²) in [5.41, 5.74) is 1.79. The zero-order valence-electron chi connectivity index (χ0n) is 13.4. The smallest absolute Gasteiger partial charge is 0.254 e. The van der Waals surface area contributed by atoms with E-state index in [1.807, 2.05) is 13.0 Å². The van der Waals surface area contributed by atoms with Gasteiger partial charge >= 0.3 is 0 Å². The number of carbonyl (C=O) groups is 1. The van der Waals surface area contributed by atoms with Crippen molar-refractivity contribution in [2.75, 3.05) is 5.32 Å². The van der Waals surface area contributed by atoms with E-state index in [0.29, 0.717) is 16.5 Å². The molecule has 6 nitrogen and oxygen atoms in total. The Morgan fingerprint density at radius 3 is 2.64 bits per heavy atom. The molecule has 0 aliphatic rings. The van der Waals surface area contributed by atoms with Gasteiger partial charge in [0.25, 0.3) is 5.56 Å². The number of aromatic nitrogens is 3. The summed E-state index contributed by atoms with van der Waals surface area (Å²) in [6, 6.07) is 13.7. The van der Waals surface area contributed by atoms with Crippen molar-refractivity contribution in [2.24, 2.45) is 0 Å². The van der Waals surface area contributed by atoms with E-state index in [-0.39, 0.29) is 18.0 Å². The van der Waals surface area contributed by atoms with E-state index >= 15 is 0 Å². The van der Waals surface area contributed by atoms with Gasteiger partial charge in [0.15, 0.2) is 0 Å². The molecule has 0 fully saturated rings. The first-order chi connectivity index (χ1) is 12.0. The van der Waals surface area contributed by atoms with Gasteiger partial charge in [-0.15, -0.1) is 0 Å². The lowest BCUT2D eigenvalue weighted by Crippen LogP contribution is -2.27. The second-order valence-corrected chi connectivity index (χ2v) is 5.90. The lowest BCUT2D eigenvalue weighted by Gasteiger charge is -2.08. The van der Waals surface area contributed by atoms with E-state index in [0.717, 1.165) is 11.3 Å². The summed E-state index contributed by atoms with van der Waals surface area (Å²) in [6.45, 7) is 1.70. The molecule has 0 atom stereocenters. The first-order valence-electron chi connectivity index (χ1n) is 7.57. The van der Waals surface area contributed by atoms with Crippen molar-refractivity contribution in [2.45, 2.75) is 13.5 Å². The van der Waals surface area contributed by atoms with Crippen LogP contribution in [0, 0.1) is 6.92 Å². The van der Waals surface area contributed by atoms with Gasteiger partial charge in [0, 0.05) is 22.3 Å². The van der Waals surface area contributed by atoms with Crippen molar-refractivity contribution in [1.29, 1.82) is 0 Å². The molecule has 1 N–H and O–H groups in total. The summed E-state index contributed by atoms with van der Waals surface area (Å²) in [5.74, 6) is 0.102. The Labute approximate surface area is 149 Å². The van der Waals surface area contributed by atoms with E-state index in [9.17, 15) is 9.59 Å². The second-order valence-electron chi connectivity index (χ2n) is 5.46. The SMILES string of the molecule is Cc1cccc(NC(=O)Cn2cnc(-c3ccc(Cl)cc3)cc2=O)n1. The van der Waals surface area contributed by atoms with Gasteiger partial charge in [0.1, 0.15) is 12.4 Å². The van der Waals surface area contributed by atoms with E-state index < -0.39 is 0 Å². The fourth-order valence-electron chi connectivity index (χ4n) is 2.27. The van der Waals surface area contributed by atoms with Gasteiger partial charge in [-0.05, 0) is 31.2 Å². The van der Waals surface area contributed by atoms with Crippen LogP contribution in [0.1, 0.15) is 5.69 Å². The number of anilines is 1. The third kappa shape index (κ3) is 4.30. The predicted molar refractivity (Wildman–Crippen MR) is 96.5 cm³/mol. The molecular formula is C18H15ClN4O2. The lowest BCUT2D eigenvalue weighted by atomic mass is 10.1. The molecule has 126 valence electrons. The molecule has 2 heterocycles. The lowest BCUT2D eigenvalue weighted by molar-refractivity contribution is -0.116. The van der Waals surface area contributed by atoms with Gasteiger partial charge in [-0.1, -0.05) is 29.8 Å². The number of halogens is 1. The Kier molecular flexibility index (Phi) is 4.90. The van der Waals surface area contributed by atoms with Gasteiger partial charge in [0.2, 0.25) is 5.91 Å². The van der Waals surface area contributed by atoms with E-state index in [4.69, 9.17) is 11.6 Å². The van der Waals surface area contributed by atoms with Crippen molar-refractivity contribution in [3.8, 4) is 11.3 Å². The summed E-state index contributed by atoms with van der Waals surface area (Å²) in [7, 11) is 0. The molecule has 0 saturated carbocycles. The first-order valence-corrected chi connectivity index (χ1v) is 7.95. The number of amides is 1. The van der Waals surface area contributed by atoms with Crippen LogP contribution < -0.4 is 10.9 Å². The Bertz CT molecular complexity index is 967. The standard InChI is InChI=1S/C18H15ClN4O2/c1-12-3-2-4-16(21-12)22-17(24)10-23-11-20-15(9-18(23)25)13-5-7-14(19)8-6-13/h2-9,11H,10H2,1H3,(H,21,22,24). The molecule has 0 spiro atoms. The quantitative estimate of drug-likeness (QED) is 0.781. The van der Waals surface area contributed by atoms with Crippen molar-refractivity contribution < 1.29 is 4.79 Å². The Hall–Kier alpha value is -2.99. The van der Waals surface area contributed by atoms with Crippen molar-refractivity contribution >= 4 is 23.3 Å². The molecule has 3 aromatic rings. The number of aryl methyl sites for hydroxylation is 1. The van der Waals surface area contributed by atoms with Gasteiger partial charge in [-0.2, -0.15) is 0 Å². The highest BCUT2D eigenvalue weighted by Crippen LogP contribution is 2.17. The molecule has 0 unspecified atom stereocenters. The molecule has 0 aliphatic carbocycles. The molecule has 0 radical (unpaired) electrons. The minimum atomic E-state index is -0.346. The van der Waals surface area contributed by atoms with Crippen LogP contribution >= 0.6 is 11.6 Å². The number of rotatable bonds is 4. The van der Waals surface area contributed by atoms with Gasteiger partial charge in [-0.3, -0.25) is 14.2 Å². The van der Waals surface area contributed by atoms with Crippen LogP contribution in [0.15, 0.2) is 59.7 Å². The fraction of sp³-hybridized carbons (Fsp3) is 0.111. The Morgan fingerprint density at radius 1 is 1.20 bits per heavy atom. The third-order valence-corrected chi connectivity index (χ3v) is 3.74. The zero-order valence-corrected chi connectivity index (χ0v) is 14.2. The highest BCUT2D eigenvalue weighted by Gasteiger charge is 2.08. The predicted octanol–water partition coefficient (Wildman–Crippen LogP) is 2.91. The second kappa shape index (κ2) is 7.27. The van der Waals surface area contributed by atoms with Crippen LogP contribution in [0.25, 0.3) is 11.3 Å². The fourth-order valence-corrected chi connectivity index (χ4v) is 2.40. The normalized spacial score (nSPS) is 10.5. The number of hydrogen-bond acceptors (Lipinski definition) is 4. The van der Waals surface area contributed by atoms with Crippen molar-refractivity contribution in [3.05, 3.63) is 75.9 Å². The minimum absolute atomic E-state index is 0.137. The van der Waals surface area contributed by atoms with E-state index in [1.54, 1.807) is 36.4 Å². The Balaban J connectivity index is 1.74.